The first-order chi connectivity index (χ1) is 14.0. The highest BCUT2D eigenvalue weighted by molar-refractivity contribution is 7.21. The van der Waals surface area contributed by atoms with Crippen molar-refractivity contribution in [3.63, 3.8) is 0 Å². The number of fused-ring (bicyclic) bond motifs is 2. The van der Waals surface area contributed by atoms with Gasteiger partial charge >= 0.3 is 5.97 Å². The summed E-state index contributed by atoms with van der Waals surface area (Å²) in [5.41, 5.74) is 5.53. The Hall–Kier alpha value is -2.73. The predicted molar refractivity (Wildman–Crippen MR) is 116 cm³/mol. The van der Waals surface area contributed by atoms with E-state index < -0.39 is 5.97 Å². The number of rotatable bonds is 4. The molecule has 4 rings (SSSR count). The molecule has 5 nitrogen and oxygen atoms in total. The number of ether oxygens (including phenoxy) is 1. The topological polar surface area (TPSA) is 68.3 Å². The van der Waals surface area contributed by atoms with Crippen molar-refractivity contribution in [3.05, 3.63) is 57.1 Å². The second-order valence-electron chi connectivity index (χ2n) is 7.43. The average Bonchev–Trinajstić information content (AvgIpc) is 3.06. The minimum atomic E-state index is -0.437. The summed E-state index contributed by atoms with van der Waals surface area (Å²) in [6.07, 6.45) is 4.44. The van der Waals surface area contributed by atoms with Gasteiger partial charge in [-0.25, -0.2) is 9.78 Å². The highest BCUT2D eigenvalue weighted by Gasteiger charge is 2.24. The van der Waals surface area contributed by atoms with Crippen LogP contribution < -0.4 is 5.32 Å². The third-order valence-corrected chi connectivity index (χ3v) is 6.36. The van der Waals surface area contributed by atoms with Gasteiger partial charge in [-0.2, -0.15) is 0 Å². The van der Waals surface area contributed by atoms with Crippen LogP contribution in [0.3, 0.4) is 0 Å². The van der Waals surface area contributed by atoms with Gasteiger partial charge in [-0.3, -0.25) is 4.79 Å². The van der Waals surface area contributed by atoms with E-state index >= 15 is 0 Å². The third-order valence-electron chi connectivity index (χ3n) is 5.30. The second kappa shape index (κ2) is 7.95. The van der Waals surface area contributed by atoms with Crippen LogP contribution in [0, 0.1) is 13.8 Å². The van der Waals surface area contributed by atoms with Gasteiger partial charge in [-0.15, -0.1) is 11.3 Å². The molecular formula is C23H24N2O3S. The van der Waals surface area contributed by atoms with Gasteiger partial charge in [-0.1, -0.05) is 6.07 Å². The molecule has 150 valence electrons. The average molecular weight is 409 g/mol. The highest BCUT2D eigenvalue weighted by Crippen LogP contribution is 2.38. The molecule has 3 aromatic rings. The largest absolute Gasteiger partial charge is 0.462 e. The highest BCUT2D eigenvalue weighted by atomic mass is 32.1. The number of anilines is 1. The number of benzene rings is 1. The van der Waals surface area contributed by atoms with Crippen LogP contribution in [0.4, 0.5) is 5.69 Å². The monoisotopic (exact) mass is 408 g/mol. The molecule has 0 saturated heterocycles. The molecule has 1 aliphatic carbocycles. The van der Waals surface area contributed by atoms with E-state index in [0.29, 0.717) is 16.1 Å². The molecular weight excluding hydrogens is 384 g/mol. The van der Waals surface area contributed by atoms with Gasteiger partial charge in [0.15, 0.2) is 0 Å². The Balaban J connectivity index is 1.75. The second-order valence-corrected chi connectivity index (χ2v) is 8.43. The fraction of sp³-hybridized carbons (Fsp3) is 0.348. The molecule has 0 spiro atoms. The number of carbonyl (C=O) groups excluding carboxylic acids is 2. The van der Waals surface area contributed by atoms with E-state index in [2.05, 4.69) is 16.4 Å². The van der Waals surface area contributed by atoms with Crippen LogP contribution in [-0.4, -0.2) is 23.5 Å². The maximum atomic E-state index is 13.1. The summed E-state index contributed by atoms with van der Waals surface area (Å²) in [5, 5.41) is 3.79. The van der Waals surface area contributed by atoms with Crippen LogP contribution >= 0.6 is 11.3 Å². The van der Waals surface area contributed by atoms with Gasteiger partial charge in [0.25, 0.3) is 5.91 Å². The lowest BCUT2D eigenvalue weighted by atomic mass is 9.90. The van der Waals surface area contributed by atoms with Crippen LogP contribution in [0.25, 0.3) is 10.2 Å². The van der Waals surface area contributed by atoms with Crippen molar-refractivity contribution in [2.45, 2.75) is 46.5 Å². The molecule has 1 amide bonds. The first-order valence-electron chi connectivity index (χ1n) is 9.99. The molecule has 29 heavy (non-hydrogen) atoms. The number of hydrogen-bond donors (Lipinski definition) is 1. The SMILES string of the molecule is CCOC(=O)c1sc2nc(C)cc(C)c2c1NC(=O)c1ccc2c(c1)CCCC2. The molecule has 6 heteroatoms. The van der Waals surface area contributed by atoms with Crippen molar-refractivity contribution in [2.24, 2.45) is 0 Å². The van der Waals surface area contributed by atoms with Crippen LogP contribution in [0.2, 0.25) is 0 Å². The lowest BCUT2D eigenvalue weighted by molar-refractivity contribution is 0.0533. The molecule has 0 aliphatic heterocycles. The van der Waals surface area contributed by atoms with E-state index in [1.54, 1.807) is 6.92 Å². The van der Waals surface area contributed by atoms with Crippen molar-refractivity contribution < 1.29 is 14.3 Å². The number of hydrogen-bond acceptors (Lipinski definition) is 5. The minimum absolute atomic E-state index is 0.219. The fourth-order valence-corrected chi connectivity index (χ4v) is 5.11. The maximum Gasteiger partial charge on any atom is 0.350 e. The number of pyridine rings is 1. The Labute approximate surface area is 174 Å². The van der Waals surface area contributed by atoms with Crippen molar-refractivity contribution in [1.82, 2.24) is 4.98 Å². The van der Waals surface area contributed by atoms with E-state index in [1.165, 1.54) is 28.9 Å². The van der Waals surface area contributed by atoms with Crippen molar-refractivity contribution in [2.75, 3.05) is 11.9 Å². The quantitative estimate of drug-likeness (QED) is 0.601. The standard InChI is InChI=1S/C23H24N2O3S/c1-4-28-23(27)20-19(18-13(2)11-14(3)24-22(18)29-20)25-21(26)17-10-9-15-7-5-6-8-16(15)12-17/h9-12H,4-8H2,1-3H3,(H,25,26). The number of amides is 1. The predicted octanol–water partition coefficient (Wildman–Crippen LogP) is 5.22. The fourth-order valence-electron chi connectivity index (χ4n) is 3.96. The normalized spacial score (nSPS) is 13.2. The van der Waals surface area contributed by atoms with Crippen molar-refractivity contribution in [1.29, 1.82) is 0 Å². The molecule has 0 fully saturated rings. The zero-order chi connectivity index (χ0) is 20.5. The molecule has 1 aromatic carbocycles. The van der Waals surface area contributed by atoms with Crippen LogP contribution in [0.5, 0.6) is 0 Å². The van der Waals surface area contributed by atoms with Gasteiger partial charge in [0.05, 0.1) is 12.3 Å². The van der Waals surface area contributed by atoms with Crippen LogP contribution in [-0.2, 0) is 17.6 Å². The van der Waals surface area contributed by atoms with Crippen molar-refractivity contribution in [3.8, 4) is 0 Å². The van der Waals surface area contributed by atoms with Crippen LogP contribution in [0.1, 0.15) is 62.2 Å². The summed E-state index contributed by atoms with van der Waals surface area (Å²) in [5.74, 6) is -0.656. The lowest BCUT2D eigenvalue weighted by Crippen LogP contribution is -2.16. The Morgan fingerprint density at radius 1 is 1.14 bits per heavy atom. The van der Waals surface area contributed by atoms with E-state index in [0.717, 1.165) is 40.7 Å². The molecule has 0 saturated carbocycles. The summed E-state index contributed by atoms with van der Waals surface area (Å²) in [7, 11) is 0. The maximum absolute atomic E-state index is 13.1. The molecule has 1 N–H and O–H groups in total. The van der Waals surface area contributed by atoms with E-state index in [4.69, 9.17) is 4.74 Å². The van der Waals surface area contributed by atoms with E-state index in [9.17, 15) is 9.59 Å². The minimum Gasteiger partial charge on any atom is -0.462 e. The number of esters is 1. The Morgan fingerprint density at radius 2 is 1.90 bits per heavy atom. The van der Waals surface area contributed by atoms with E-state index in [-0.39, 0.29) is 12.5 Å². The molecule has 1 aliphatic rings. The number of nitrogens with zero attached hydrogens (tertiary/aromatic N) is 1. The van der Waals surface area contributed by atoms with E-state index in [1.807, 2.05) is 32.0 Å². The third kappa shape index (κ3) is 3.77. The Morgan fingerprint density at radius 3 is 2.66 bits per heavy atom. The number of nitrogens with one attached hydrogen (secondary N) is 1. The smallest absolute Gasteiger partial charge is 0.350 e. The number of thiophene rings is 1. The van der Waals surface area contributed by atoms with Gasteiger partial charge in [0.2, 0.25) is 0 Å². The number of aryl methyl sites for hydroxylation is 4. The number of aromatic nitrogens is 1. The van der Waals surface area contributed by atoms with Crippen molar-refractivity contribution >= 4 is 39.1 Å². The Bertz CT molecular complexity index is 1120. The first kappa shape index (κ1) is 19.6. The van der Waals surface area contributed by atoms with Gasteiger partial charge in [0.1, 0.15) is 9.71 Å². The lowest BCUT2D eigenvalue weighted by Gasteiger charge is -2.16. The number of carbonyl (C=O) groups is 2. The zero-order valence-electron chi connectivity index (χ0n) is 16.9. The summed E-state index contributed by atoms with van der Waals surface area (Å²) < 4.78 is 5.22. The molecule has 0 bridgehead atoms. The molecule has 0 unspecified atom stereocenters. The zero-order valence-corrected chi connectivity index (χ0v) is 17.7. The summed E-state index contributed by atoms with van der Waals surface area (Å²) in [6, 6.07) is 7.86. The molecule has 2 heterocycles. The van der Waals surface area contributed by atoms with Gasteiger partial charge in [0, 0.05) is 16.6 Å². The molecule has 0 radical (unpaired) electrons. The van der Waals surface area contributed by atoms with Gasteiger partial charge < -0.3 is 10.1 Å². The summed E-state index contributed by atoms with van der Waals surface area (Å²) in [6.45, 7) is 5.93. The summed E-state index contributed by atoms with van der Waals surface area (Å²) in [4.78, 5) is 31.3. The summed E-state index contributed by atoms with van der Waals surface area (Å²) >= 11 is 1.26. The Kier molecular flexibility index (Phi) is 5.37. The molecule has 0 atom stereocenters. The first-order valence-corrected chi connectivity index (χ1v) is 10.8. The van der Waals surface area contributed by atoms with Crippen LogP contribution in [0.15, 0.2) is 24.3 Å². The van der Waals surface area contributed by atoms with Gasteiger partial charge in [-0.05, 0) is 81.3 Å². The molecule has 2 aromatic heterocycles.